The maximum absolute atomic E-state index is 9.42. The van der Waals surface area contributed by atoms with Crippen molar-refractivity contribution >= 4 is 10.8 Å². The van der Waals surface area contributed by atoms with Crippen LogP contribution in [0.4, 0.5) is 0 Å². The molecule has 0 fully saturated rings. The molecule has 2 heteroatoms. The topological polar surface area (TPSA) is 40.5 Å². The lowest BCUT2D eigenvalue weighted by Gasteiger charge is -2.09. The summed E-state index contributed by atoms with van der Waals surface area (Å²) in [5, 5.41) is 20.6. The van der Waals surface area contributed by atoms with E-state index in [1.807, 2.05) is 42.5 Å². The van der Waals surface area contributed by atoms with Gasteiger partial charge in [0.05, 0.1) is 12.7 Å². The fourth-order valence-corrected chi connectivity index (χ4v) is 1.79. The van der Waals surface area contributed by atoms with Crippen LogP contribution in [-0.2, 0) is 6.42 Å². The molecule has 0 aliphatic heterocycles. The van der Waals surface area contributed by atoms with Crippen LogP contribution >= 0.6 is 0 Å². The van der Waals surface area contributed by atoms with Crippen LogP contribution in [0.15, 0.2) is 42.5 Å². The van der Waals surface area contributed by atoms with Crippen molar-refractivity contribution in [3.8, 4) is 0 Å². The normalized spacial score (nSPS) is 12.9. The Morgan fingerprint density at radius 2 is 1.73 bits per heavy atom. The predicted molar refractivity (Wildman–Crippen MR) is 60.7 cm³/mol. The molecule has 0 spiro atoms. The van der Waals surface area contributed by atoms with Gasteiger partial charge < -0.3 is 10.2 Å². The maximum atomic E-state index is 9.42. The van der Waals surface area contributed by atoms with Crippen molar-refractivity contribution in [1.29, 1.82) is 0 Å². The Bertz CT molecular complexity index is 446. The van der Waals surface area contributed by atoms with Crippen LogP contribution in [0, 0.1) is 0 Å². The zero-order valence-corrected chi connectivity index (χ0v) is 8.43. The number of rotatable bonds is 3. The zero-order chi connectivity index (χ0) is 10.7. The summed E-state index contributed by atoms with van der Waals surface area (Å²) in [6.07, 6.45) is -0.173. The average Bonchev–Trinajstić information content (AvgIpc) is 2.29. The molecule has 0 saturated carbocycles. The highest BCUT2D eigenvalue weighted by Gasteiger charge is 2.06. The summed E-state index contributed by atoms with van der Waals surface area (Å²) in [5.74, 6) is 0. The molecule has 2 nitrogen and oxygen atoms in total. The van der Waals surface area contributed by atoms with Crippen molar-refractivity contribution in [2.75, 3.05) is 6.61 Å². The van der Waals surface area contributed by atoms with E-state index in [9.17, 15) is 5.11 Å². The molecule has 0 amide bonds. The third-order valence-corrected chi connectivity index (χ3v) is 2.55. The highest BCUT2D eigenvalue weighted by atomic mass is 16.3. The highest BCUT2D eigenvalue weighted by Crippen LogP contribution is 2.19. The van der Waals surface area contributed by atoms with E-state index >= 15 is 0 Å². The molecule has 0 saturated heterocycles. The van der Waals surface area contributed by atoms with Gasteiger partial charge in [-0.15, -0.1) is 0 Å². The summed E-state index contributed by atoms with van der Waals surface area (Å²) in [4.78, 5) is 0. The molecule has 2 aromatic rings. The number of hydrogen-bond acceptors (Lipinski definition) is 2. The second kappa shape index (κ2) is 4.43. The minimum absolute atomic E-state index is 0.191. The summed E-state index contributed by atoms with van der Waals surface area (Å²) in [5.41, 5.74) is 1.08. The molecule has 0 heterocycles. The van der Waals surface area contributed by atoms with E-state index in [1.54, 1.807) is 0 Å². The summed E-state index contributed by atoms with van der Waals surface area (Å²) in [6.45, 7) is -0.191. The molecule has 78 valence electrons. The quantitative estimate of drug-likeness (QED) is 0.795. The van der Waals surface area contributed by atoms with Gasteiger partial charge in [-0.3, -0.25) is 0 Å². The van der Waals surface area contributed by atoms with Crippen molar-refractivity contribution in [3.05, 3.63) is 48.0 Å². The van der Waals surface area contributed by atoms with Gasteiger partial charge in [-0.05, 0) is 16.3 Å². The minimum Gasteiger partial charge on any atom is -0.394 e. The number of aliphatic hydroxyl groups is 2. The fraction of sp³-hybridized carbons (Fsp3) is 0.231. The Kier molecular flexibility index (Phi) is 2.99. The number of fused-ring (bicyclic) bond motifs is 1. The lowest BCUT2D eigenvalue weighted by atomic mass is 10.0. The van der Waals surface area contributed by atoms with Crippen molar-refractivity contribution in [1.82, 2.24) is 0 Å². The van der Waals surface area contributed by atoms with E-state index in [0.717, 1.165) is 10.9 Å². The lowest BCUT2D eigenvalue weighted by Crippen LogP contribution is -2.15. The van der Waals surface area contributed by atoms with E-state index < -0.39 is 6.10 Å². The van der Waals surface area contributed by atoms with Gasteiger partial charge in [0.15, 0.2) is 0 Å². The van der Waals surface area contributed by atoms with E-state index in [1.165, 1.54) is 5.39 Å². The van der Waals surface area contributed by atoms with Crippen molar-refractivity contribution in [3.63, 3.8) is 0 Å². The third-order valence-electron chi connectivity index (χ3n) is 2.55. The molecule has 1 atom stereocenters. The van der Waals surface area contributed by atoms with Crippen LogP contribution in [-0.4, -0.2) is 22.9 Å². The number of hydrogen-bond donors (Lipinski definition) is 2. The van der Waals surface area contributed by atoms with Crippen molar-refractivity contribution in [2.45, 2.75) is 12.5 Å². The van der Waals surface area contributed by atoms with Crippen molar-refractivity contribution in [2.24, 2.45) is 0 Å². The summed E-state index contributed by atoms with van der Waals surface area (Å²) < 4.78 is 0. The van der Waals surface area contributed by atoms with Crippen LogP contribution in [0.1, 0.15) is 5.56 Å². The predicted octanol–water partition coefficient (Wildman–Crippen LogP) is 1.74. The van der Waals surface area contributed by atoms with E-state index in [0.29, 0.717) is 6.42 Å². The molecule has 1 unspecified atom stereocenters. The standard InChI is InChI=1S/C13H14O2/c14-9-12(15)8-11-6-3-5-10-4-1-2-7-13(10)11/h1-7,12,14-15H,8-9H2. The molecule has 0 aliphatic rings. The van der Waals surface area contributed by atoms with Gasteiger partial charge in [0.1, 0.15) is 0 Å². The minimum atomic E-state index is -0.671. The first-order valence-electron chi connectivity index (χ1n) is 5.07. The Hall–Kier alpha value is -1.38. The van der Waals surface area contributed by atoms with E-state index in [2.05, 4.69) is 0 Å². The summed E-state index contributed by atoms with van der Waals surface area (Å²) in [6, 6.07) is 14.1. The first-order valence-corrected chi connectivity index (χ1v) is 5.07. The molecule has 0 aromatic heterocycles. The monoisotopic (exact) mass is 202 g/mol. The first kappa shape index (κ1) is 10.1. The molecule has 2 rings (SSSR count). The molecular weight excluding hydrogens is 188 g/mol. The molecule has 0 radical (unpaired) electrons. The molecule has 0 bridgehead atoms. The van der Waals surface area contributed by atoms with Gasteiger partial charge in [-0.1, -0.05) is 42.5 Å². The van der Waals surface area contributed by atoms with Gasteiger partial charge in [0, 0.05) is 6.42 Å². The first-order chi connectivity index (χ1) is 7.31. The Balaban J connectivity index is 2.42. The summed E-state index contributed by atoms with van der Waals surface area (Å²) in [7, 11) is 0. The SMILES string of the molecule is OCC(O)Cc1cccc2ccccc12. The van der Waals surface area contributed by atoms with Crippen LogP contribution in [0.5, 0.6) is 0 Å². The van der Waals surface area contributed by atoms with Crippen LogP contribution in [0.25, 0.3) is 10.8 Å². The van der Waals surface area contributed by atoms with Gasteiger partial charge >= 0.3 is 0 Å². The van der Waals surface area contributed by atoms with E-state index in [4.69, 9.17) is 5.11 Å². The Labute approximate surface area is 88.8 Å². The fourth-order valence-electron chi connectivity index (χ4n) is 1.79. The molecule has 2 aromatic carbocycles. The smallest absolute Gasteiger partial charge is 0.0811 e. The molecular formula is C13H14O2. The number of aliphatic hydroxyl groups excluding tert-OH is 2. The third kappa shape index (κ3) is 2.17. The zero-order valence-electron chi connectivity index (χ0n) is 8.43. The summed E-state index contributed by atoms with van der Waals surface area (Å²) >= 11 is 0. The van der Waals surface area contributed by atoms with E-state index in [-0.39, 0.29) is 6.61 Å². The van der Waals surface area contributed by atoms with Gasteiger partial charge in [0.2, 0.25) is 0 Å². The second-order valence-electron chi connectivity index (χ2n) is 3.68. The lowest BCUT2D eigenvalue weighted by molar-refractivity contribution is 0.0957. The molecule has 15 heavy (non-hydrogen) atoms. The van der Waals surface area contributed by atoms with Gasteiger partial charge in [-0.25, -0.2) is 0 Å². The highest BCUT2D eigenvalue weighted by molar-refractivity contribution is 5.85. The van der Waals surface area contributed by atoms with Crippen LogP contribution < -0.4 is 0 Å². The second-order valence-corrected chi connectivity index (χ2v) is 3.68. The van der Waals surface area contributed by atoms with Crippen LogP contribution in [0.2, 0.25) is 0 Å². The van der Waals surface area contributed by atoms with Crippen molar-refractivity contribution < 1.29 is 10.2 Å². The largest absolute Gasteiger partial charge is 0.394 e. The molecule has 2 N–H and O–H groups in total. The average molecular weight is 202 g/mol. The Morgan fingerprint density at radius 1 is 1.00 bits per heavy atom. The Morgan fingerprint density at radius 3 is 2.53 bits per heavy atom. The maximum Gasteiger partial charge on any atom is 0.0811 e. The molecule has 0 aliphatic carbocycles. The number of benzene rings is 2. The van der Waals surface area contributed by atoms with Gasteiger partial charge in [0.25, 0.3) is 0 Å². The van der Waals surface area contributed by atoms with Gasteiger partial charge in [-0.2, -0.15) is 0 Å². The van der Waals surface area contributed by atoms with Crippen LogP contribution in [0.3, 0.4) is 0 Å².